The number of oxazole rings is 1. The summed E-state index contributed by atoms with van der Waals surface area (Å²) < 4.78 is 5.10. The van der Waals surface area contributed by atoms with E-state index in [1.54, 1.807) is 6.20 Å². The van der Waals surface area contributed by atoms with E-state index >= 15 is 0 Å². The Hall–Kier alpha value is -1.23. The second kappa shape index (κ2) is 1.63. The van der Waals surface area contributed by atoms with Crippen LogP contribution in [-0.4, -0.2) is 4.98 Å². The van der Waals surface area contributed by atoms with Crippen LogP contribution in [0.5, 0.6) is 0 Å². The quantitative estimate of drug-likeness (QED) is 0.540. The van der Waals surface area contributed by atoms with E-state index in [1.807, 2.05) is 0 Å². The third-order valence-corrected chi connectivity index (χ3v) is 1.93. The van der Waals surface area contributed by atoms with Crippen LogP contribution in [0.15, 0.2) is 17.0 Å². The number of terminal acetylenes is 1. The van der Waals surface area contributed by atoms with Crippen LogP contribution >= 0.6 is 0 Å². The fraction of sp³-hybridized carbons (Fsp3) is 0.375. The first-order valence-electron chi connectivity index (χ1n) is 3.24. The molecule has 0 aromatic carbocycles. The smallest absolute Gasteiger partial charge is 0.180 e. The van der Waals surface area contributed by atoms with E-state index in [4.69, 9.17) is 10.8 Å². The van der Waals surface area contributed by atoms with E-state index in [0.717, 1.165) is 18.6 Å². The molecule has 0 aliphatic heterocycles. The van der Waals surface area contributed by atoms with Crippen molar-refractivity contribution in [3.05, 3.63) is 18.4 Å². The van der Waals surface area contributed by atoms with Crippen LogP contribution in [-0.2, 0) is 5.41 Å². The van der Waals surface area contributed by atoms with Gasteiger partial charge in [-0.05, 0) is 12.8 Å². The van der Waals surface area contributed by atoms with Gasteiger partial charge in [0.25, 0.3) is 0 Å². The number of aromatic nitrogens is 1. The second-order valence-electron chi connectivity index (χ2n) is 2.59. The summed E-state index contributed by atoms with van der Waals surface area (Å²) in [6.45, 7) is 0. The molecule has 0 N–H and O–H groups in total. The Labute approximate surface area is 59.3 Å². The van der Waals surface area contributed by atoms with Gasteiger partial charge in [-0.2, -0.15) is 0 Å². The molecule has 1 aromatic rings. The molecule has 10 heavy (non-hydrogen) atoms. The van der Waals surface area contributed by atoms with Crippen molar-refractivity contribution in [3.8, 4) is 12.3 Å². The summed E-state index contributed by atoms with van der Waals surface area (Å²) in [6.07, 6.45) is 10.5. The van der Waals surface area contributed by atoms with Gasteiger partial charge in [-0.3, -0.25) is 0 Å². The van der Waals surface area contributed by atoms with Crippen LogP contribution < -0.4 is 0 Å². The lowest BCUT2D eigenvalue weighted by Gasteiger charge is -1.98. The molecule has 1 heterocycles. The highest BCUT2D eigenvalue weighted by Crippen LogP contribution is 2.47. The van der Waals surface area contributed by atoms with Gasteiger partial charge in [0.15, 0.2) is 6.39 Å². The maximum atomic E-state index is 5.32. The highest BCUT2D eigenvalue weighted by Gasteiger charge is 2.45. The zero-order valence-electron chi connectivity index (χ0n) is 5.50. The minimum absolute atomic E-state index is 0.0868. The summed E-state index contributed by atoms with van der Waals surface area (Å²) in [5, 5.41) is 0. The van der Waals surface area contributed by atoms with Gasteiger partial charge in [-0.15, -0.1) is 6.42 Å². The summed E-state index contributed by atoms with van der Waals surface area (Å²) in [5.74, 6) is 3.56. The first-order valence-corrected chi connectivity index (χ1v) is 3.24. The van der Waals surface area contributed by atoms with Gasteiger partial charge in [0, 0.05) is 0 Å². The molecule has 1 saturated carbocycles. The van der Waals surface area contributed by atoms with E-state index in [2.05, 4.69) is 10.9 Å². The van der Waals surface area contributed by atoms with Gasteiger partial charge >= 0.3 is 0 Å². The van der Waals surface area contributed by atoms with Crippen LogP contribution in [0, 0.1) is 12.3 Å². The van der Waals surface area contributed by atoms with Gasteiger partial charge in [-0.1, -0.05) is 5.92 Å². The lowest BCUT2D eigenvalue weighted by Crippen LogP contribution is -1.99. The van der Waals surface area contributed by atoms with Gasteiger partial charge < -0.3 is 4.42 Å². The monoisotopic (exact) mass is 133 g/mol. The van der Waals surface area contributed by atoms with Crippen molar-refractivity contribution < 1.29 is 4.42 Å². The maximum absolute atomic E-state index is 5.32. The van der Waals surface area contributed by atoms with Crippen molar-refractivity contribution >= 4 is 0 Å². The molecule has 0 saturated heterocycles. The summed E-state index contributed by atoms with van der Waals surface area (Å²) >= 11 is 0. The van der Waals surface area contributed by atoms with Crippen molar-refractivity contribution in [2.75, 3.05) is 0 Å². The standard InChI is InChI=1S/C8H7NO/c1-2-8(3-4-8)7-5-9-6-10-7/h1,5-6H,3-4H2. The SMILES string of the molecule is C#CC1(c2cnco2)CC1. The molecule has 1 aromatic heterocycles. The summed E-state index contributed by atoms with van der Waals surface area (Å²) in [6, 6.07) is 0. The third-order valence-electron chi connectivity index (χ3n) is 1.93. The Morgan fingerprint density at radius 2 is 2.50 bits per heavy atom. The minimum atomic E-state index is -0.0868. The van der Waals surface area contributed by atoms with E-state index in [1.165, 1.54) is 6.39 Å². The van der Waals surface area contributed by atoms with Gasteiger partial charge in [0.2, 0.25) is 0 Å². The molecule has 50 valence electrons. The Balaban J connectivity index is 2.38. The first-order chi connectivity index (χ1) is 4.87. The van der Waals surface area contributed by atoms with Gasteiger partial charge in [0.1, 0.15) is 5.76 Å². The average molecular weight is 133 g/mol. The van der Waals surface area contributed by atoms with Crippen molar-refractivity contribution in [3.63, 3.8) is 0 Å². The lowest BCUT2D eigenvalue weighted by molar-refractivity contribution is 0.484. The fourth-order valence-corrected chi connectivity index (χ4v) is 1.04. The Morgan fingerprint density at radius 1 is 1.70 bits per heavy atom. The molecule has 2 rings (SSSR count). The fourth-order valence-electron chi connectivity index (χ4n) is 1.04. The average Bonchev–Trinajstić information content (AvgIpc) is 2.58. The highest BCUT2D eigenvalue weighted by atomic mass is 16.3. The number of rotatable bonds is 1. The summed E-state index contributed by atoms with van der Waals surface area (Å²) in [5.41, 5.74) is -0.0868. The van der Waals surface area contributed by atoms with Crippen molar-refractivity contribution in [1.82, 2.24) is 4.98 Å². The van der Waals surface area contributed by atoms with E-state index < -0.39 is 0 Å². The topological polar surface area (TPSA) is 26.0 Å². The normalized spacial score (nSPS) is 19.9. The second-order valence-corrected chi connectivity index (χ2v) is 2.59. The Bertz CT molecular complexity index is 264. The van der Waals surface area contributed by atoms with Crippen molar-refractivity contribution in [1.29, 1.82) is 0 Å². The third kappa shape index (κ3) is 0.577. The molecule has 0 spiro atoms. The first kappa shape index (κ1) is 5.55. The summed E-state index contributed by atoms with van der Waals surface area (Å²) in [7, 11) is 0. The van der Waals surface area contributed by atoms with Gasteiger partial charge in [-0.25, -0.2) is 4.98 Å². The molecule has 1 aliphatic rings. The molecule has 1 fully saturated rings. The highest BCUT2D eigenvalue weighted by molar-refractivity contribution is 5.32. The molecular weight excluding hydrogens is 126 g/mol. The zero-order valence-corrected chi connectivity index (χ0v) is 5.50. The molecule has 1 aliphatic carbocycles. The van der Waals surface area contributed by atoms with Gasteiger partial charge in [0.05, 0.1) is 11.6 Å². The van der Waals surface area contributed by atoms with Crippen LogP contribution in [0.25, 0.3) is 0 Å². The number of hydrogen-bond donors (Lipinski definition) is 0. The van der Waals surface area contributed by atoms with Crippen molar-refractivity contribution in [2.45, 2.75) is 18.3 Å². The Kier molecular flexibility index (Phi) is 0.906. The lowest BCUT2D eigenvalue weighted by atomic mass is 10.1. The molecule has 0 amide bonds. The maximum Gasteiger partial charge on any atom is 0.180 e. The van der Waals surface area contributed by atoms with E-state index in [0.29, 0.717) is 0 Å². The molecule has 0 radical (unpaired) electrons. The van der Waals surface area contributed by atoms with Crippen LogP contribution in [0.3, 0.4) is 0 Å². The van der Waals surface area contributed by atoms with Crippen LogP contribution in [0.4, 0.5) is 0 Å². The number of nitrogens with zero attached hydrogens (tertiary/aromatic N) is 1. The molecular formula is C8H7NO. The largest absolute Gasteiger partial charge is 0.447 e. The molecule has 0 bridgehead atoms. The molecule has 2 nitrogen and oxygen atoms in total. The number of hydrogen-bond acceptors (Lipinski definition) is 2. The van der Waals surface area contributed by atoms with Crippen LogP contribution in [0.2, 0.25) is 0 Å². The zero-order chi connectivity index (χ0) is 7.03. The molecule has 0 atom stereocenters. The minimum Gasteiger partial charge on any atom is -0.447 e. The summed E-state index contributed by atoms with van der Waals surface area (Å²) in [4.78, 5) is 3.81. The predicted molar refractivity (Wildman–Crippen MR) is 36.2 cm³/mol. The Morgan fingerprint density at radius 3 is 2.90 bits per heavy atom. The molecule has 2 heteroatoms. The van der Waals surface area contributed by atoms with E-state index in [-0.39, 0.29) is 5.41 Å². The predicted octanol–water partition coefficient (Wildman–Crippen LogP) is 1.34. The van der Waals surface area contributed by atoms with Crippen molar-refractivity contribution in [2.24, 2.45) is 0 Å². The molecule has 0 unspecified atom stereocenters. The van der Waals surface area contributed by atoms with E-state index in [9.17, 15) is 0 Å². The van der Waals surface area contributed by atoms with Crippen LogP contribution in [0.1, 0.15) is 18.6 Å².